The molecule has 0 radical (unpaired) electrons. The van der Waals surface area contributed by atoms with Crippen molar-refractivity contribution < 1.29 is 29.1 Å². The number of carbonyl (C=O) groups excluding carboxylic acids is 4. The molecule has 0 saturated heterocycles. The molecule has 4 unspecified atom stereocenters. The molecular weight excluding hydrogens is 456 g/mol. The van der Waals surface area contributed by atoms with Crippen LogP contribution in [0, 0.1) is 0 Å². The summed E-state index contributed by atoms with van der Waals surface area (Å²) in [6.45, 7) is 1.74. The maximum atomic E-state index is 13.1. The molecule has 4 amide bonds. The van der Waals surface area contributed by atoms with Crippen molar-refractivity contribution in [2.75, 3.05) is 6.54 Å². The Balaban J connectivity index is 3.03. The third-order valence-electron chi connectivity index (χ3n) is 5.26. The summed E-state index contributed by atoms with van der Waals surface area (Å²) in [6, 6.07) is 4.52. The van der Waals surface area contributed by atoms with Gasteiger partial charge in [-0.15, -0.1) is 0 Å². The van der Waals surface area contributed by atoms with Gasteiger partial charge in [-0.25, -0.2) is 0 Å². The van der Waals surface area contributed by atoms with Crippen LogP contribution in [0.2, 0.25) is 0 Å². The predicted octanol–water partition coefficient (Wildman–Crippen LogP) is -1.49. The van der Waals surface area contributed by atoms with Crippen molar-refractivity contribution in [1.29, 1.82) is 0 Å². The lowest BCUT2D eigenvalue weighted by atomic mass is 10.0. The third kappa shape index (κ3) is 11.5. The summed E-state index contributed by atoms with van der Waals surface area (Å²) in [5, 5.41) is 16.5. The Bertz CT molecular complexity index is 865. The monoisotopic (exact) mass is 492 g/mol. The topological polar surface area (TPSA) is 220 Å². The van der Waals surface area contributed by atoms with E-state index in [0.717, 1.165) is 5.56 Å². The average molecular weight is 493 g/mol. The fourth-order valence-corrected chi connectivity index (χ4v) is 3.18. The molecule has 1 aromatic rings. The number of carboxylic acids is 1. The lowest BCUT2D eigenvalue weighted by molar-refractivity contribution is -0.142. The van der Waals surface area contributed by atoms with Crippen LogP contribution in [0.5, 0.6) is 0 Å². The Morgan fingerprint density at radius 3 is 2.06 bits per heavy atom. The zero-order chi connectivity index (χ0) is 26.4. The van der Waals surface area contributed by atoms with Gasteiger partial charge in [-0.05, 0) is 38.3 Å². The van der Waals surface area contributed by atoms with Gasteiger partial charge in [-0.3, -0.25) is 24.0 Å². The Morgan fingerprint density at radius 2 is 1.49 bits per heavy atom. The summed E-state index contributed by atoms with van der Waals surface area (Å²) >= 11 is 0. The number of hydrogen-bond donors (Lipinski definition) is 7. The lowest BCUT2D eigenvalue weighted by Crippen LogP contribution is -2.57. The number of carbonyl (C=O) groups is 5. The highest BCUT2D eigenvalue weighted by molar-refractivity contribution is 5.94. The molecule has 35 heavy (non-hydrogen) atoms. The van der Waals surface area contributed by atoms with Gasteiger partial charge in [0.2, 0.25) is 23.6 Å². The Labute approximate surface area is 204 Å². The molecule has 12 nitrogen and oxygen atoms in total. The van der Waals surface area contributed by atoms with Crippen LogP contribution < -0.4 is 33.2 Å². The van der Waals surface area contributed by atoms with Gasteiger partial charge in [-0.2, -0.15) is 0 Å². The average Bonchev–Trinajstić information content (AvgIpc) is 2.81. The molecule has 0 saturated carbocycles. The van der Waals surface area contributed by atoms with Gasteiger partial charge in [0.1, 0.15) is 18.1 Å². The highest BCUT2D eigenvalue weighted by atomic mass is 16.4. The molecule has 0 aliphatic rings. The number of carboxylic acid groups (broad SMARTS) is 1. The molecule has 0 heterocycles. The van der Waals surface area contributed by atoms with Crippen LogP contribution in [0.15, 0.2) is 30.3 Å². The maximum absolute atomic E-state index is 13.1. The van der Waals surface area contributed by atoms with Crippen molar-refractivity contribution in [3.8, 4) is 0 Å². The van der Waals surface area contributed by atoms with E-state index >= 15 is 0 Å². The predicted molar refractivity (Wildman–Crippen MR) is 129 cm³/mol. The number of benzene rings is 1. The van der Waals surface area contributed by atoms with Crippen LogP contribution in [-0.4, -0.2) is 65.4 Å². The minimum Gasteiger partial charge on any atom is -0.480 e. The summed E-state index contributed by atoms with van der Waals surface area (Å²) in [4.78, 5) is 60.7. The molecule has 0 spiro atoms. The van der Waals surface area contributed by atoms with E-state index in [1.54, 1.807) is 30.3 Å². The number of rotatable bonds is 16. The number of unbranched alkanes of at least 4 members (excludes halogenated alkanes) is 1. The highest BCUT2D eigenvalue weighted by Gasteiger charge is 2.29. The summed E-state index contributed by atoms with van der Waals surface area (Å²) < 4.78 is 0. The standard InChI is InChI=1S/C23H36N6O6/c1-14(23(34)35)27-21(32)17(10-11-19(26)30)28-22(33)18(13-15-7-3-2-4-8-15)29-20(31)16(25)9-5-6-12-24/h2-4,7-8,14,16-18H,5-6,9-13,24-25H2,1H3,(H2,26,30)(H,27,32)(H,28,33)(H,29,31)(H,34,35). The van der Waals surface area contributed by atoms with Crippen molar-refractivity contribution in [3.05, 3.63) is 35.9 Å². The van der Waals surface area contributed by atoms with E-state index in [2.05, 4.69) is 16.0 Å². The van der Waals surface area contributed by atoms with E-state index in [0.29, 0.717) is 25.8 Å². The number of primary amides is 1. The van der Waals surface area contributed by atoms with Gasteiger partial charge in [-0.1, -0.05) is 36.8 Å². The largest absolute Gasteiger partial charge is 0.480 e. The summed E-state index contributed by atoms with van der Waals surface area (Å²) in [6.07, 6.45) is 1.49. The normalized spacial score (nSPS) is 14.1. The first-order valence-corrected chi connectivity index (χ1v) is 11.5. The quantitative estimate of drug-likeness (QED) is 0.134. The van der Waals surface area contributed by atoms with Crippen molar-refractivity contribution in [2.45, 2.75) is 69.6 Å². The molecule has 4 atom stereocenters. The van der Waals surface area contributed by atoms with Gasteiger partial charge in [0, 0.05) is 12.8 Å². The zero-order valence-electron chi connectivity index (χ0n) is 19.9. The van der Waals surface area contributed by atoms with Gasteiger partial charge in [0.15, 0.2) is 0 Å². The van der Waals surface area contributed by atoms with E-state index in [-0.39, 0.29) is 19.3 Å². The van der Waals surface area contributed by atoms with E-state index < -0.39 is 53.8 Å². The molecule has 10 N–H and O–H groups in total. The van der Waals surface area contributed by atoms with E-state index in [1.807, 2.05) is 0 Å². The van der Waals surface area contributed by atoms with Crippen LogP contribution in [-0.2, 0) is 30.4 Å². The van der Waals surface area contributed by atoms with Crippen LogP contribution in [0.25, 0.3) is 0 Å². The number of hydrogen-bond acceptors (Lipinski definition) is 7. The van der Waals surface area contributed by atoms with E-state index in [9.17, 15) is 24.0 Å². The second kappa shape index (κ2) is 15.4. The Hall–Kier alpha value is -3.51. The molecule has 12 heteroatoms. The minimum absolute atomic E-state index is 0.115. The van der Waals surface area contributed by atoms with Gasteiger partial charge in [0.25, 0.3) is 0 Å². The number of amides is 4. The van der Waals surface area contributed by atoms with Crippen LogP contribution in [0.4, 0.5) is 0 Å². The summed E-state index contributed by atoms with van der Waals surface area (Å²) in [7, 11) is 0. The van der Waals surface area contributed by atoms with E-state index in [4.69, 9.17) is 22.3 Å². The second-order valence-corrected chi connectivity index (χ2v) is 8.28. The van der Waals surface area contributed by atoms with E-state index in [1.165, 1.54) is 6.92 Å². The molecule has 1 rings (SSSR count). The minimum atomic E-state index is -1.27. The SMILES string of the molecule is CC(NC(=O)C(CCC(N)=O)NC(=O)C(Cc1ccccc1)NC(=O)C(N)CCCCN)C(=O)O. The molecule has 0 aliphatic carbocycles. The fraction of sp³-hybridized carbons (Fsp3) is 0.522. The lowest BCUT2D eigenvalue weighted by Gasteiger charge is -2.25. The first kappa shape index (κ1) is 29.5. The zero-order valence-corrected chi connectivity index (χ0v) is 19.9. The Kier molecular flexibility index (Phi) is 13.0. The number of nitrogens with two attached hydrogens (primary N) is 3. The van der Waals surface area contributed by atoms with Gasteiger partial charge >= 0.3 is 5.97 Å². The molecule has 0 fully saturated rings. The van der Waals surface area contributed by atoms with Crippen molar-refractivity contribution >= 4 is 29.6 Å². The molecule has 0 bridgehead atoms. The first-order chi connectivity index (χ1) is 16.5. The molecular formula is C23H36N6O6. The van der Waals surface area contributed by atoms with Crippen LogP contribution >= 0.6 is 0 Å². The Morgan fingerprint density at radius 1 is 0.886 bits per heavy atom. The number of aliphatic carboxylic acids is 1. The summed E-state index contributed by atoms with van der Waals surface area (Å²) in [5.41, 5.74) is 17.4. The first-order valence-electron chi connectivity index (χ1n) is 11.5. The molecule has 1 aromatic carbocycles. The van der Waals surface area contributed by atoms with Crippen LogP contribution in [0.1, 0.15) is 44.6 Å². The maximum Gasteiger partial charge on any atom is 0.325 e. The molecule has 194 valence electrons. The smallest absolute Gasteiger partial charge is 0.325 e. The second-order valence-electron chi connectivity index (χ2n) is 8.28. The molecule has 0 aliphatic heterocycles. The van der Waals surface area contributed by atoms with Gasteiger partial charge < -0.3 is 38.3 Å². The fourth-order valence-electron chi connectivity index (χ4n) is 3.18. The highest BCUT2D eigenvalue weighted by Crippen LogP contribution is 2.07. The van der Waals surface area contributed by atoms with Crippen molar-refractivity contribution in [1.82, 2.24) is 16.0 Å². The van der Waals surface area contributed by atoms with Gasteiger partial charge in [0.05, 0.1) is 6.04 Å². The van der Waals surface area contributed by atoms with Crippen molar-refractivity contribution in [3.63, 3.8) is 0 Å². The van der Waals surface area contributed by atoms with Crippen LogP contribution in [0.3, 0.4) is 0 Å². The summed E-state index contributed by atoms with van der Waals surface area (Å²) in [5.74, 6) is -3.98. The third-order valence-corrected chi connectivity index (χ3v) is 5.26. The molecule has 0 aromatic heterocycles. The number of nitrogens with one attached hydrogen (secondary N) is 3. The van der Waals surface area contributed by atoms with Crippen molar-refractivity contribution in [2.24, 2.45) is 17.2 Å².